The van der Waals surface area contributed by atoms with Crippen LogP contribution in [-0.4, -0.2) is 33.1 Å². The number of nitrogens with one attached hydrogen (secondary N) is 2. The van der Waals surface area contributed by atoms with Gasteiger partial charge in [0.05, 0.1) is 6.10 Å². The van der Waals surface area contributed by atoms with E-state index in [-0.39, 0.29) is 6.10 Å². The lowest BCUT2D eigenvalue weighted by atomic mass is 10.0. The lowest BCUT2D eigenvalue weighted by Gasteiger charge is -2.13. The Bertz CT molecular complexity index is 977. The summed E-state index contributed by atoms with van der Waals surface area (Å²) < 4.78 is 8.63. The zero-order valence-corrected chi connectivity index (χ0v) is 15.4. The number of hydrogen-bond acceptors (Lipinski definition) is 6. The molecule has 0 aliphatic heterocycles. The summed E-state index contributed by atoms with van der Waals surface area (Å²) in [6.07, 6.45) is 8.67. The molecule has 1 aliphatic rings. The van der Waals surface area contributed by atoms with Crippen LogP contribution in [-0.2, 0) is 4.74 Å². The van der Waals surface area contributed by atoms with Gasteiger partial charge in [-0.2, -0.15) is 0 Å². The number of benzene rings is 1. The number of hydrogen-bond donors (Lipinski definition) is 2. The number of aryl methyl sites for hydroxylation is 1. The molecular weight excluding hydrogens is 346 g/mol. The monoisotopic (exact) mass is 365 g/mol. The van der Waals surface area contributed by atoms with Crippen molar-refractivity contribution in [3.8, 4) is 0 Å². The standard InChI is InChI=1S/C19H19N5OS/c1-12-3-9-15(10-4-12)26-24-19-16-18(20-11-21-19)23-17(22-16)13-5-7-14(25-2)8-6-13/h3-7,9-11,14H,8H2,1-2H3,(H2,20,21,22,23,24). The number of rotatable bonds is 5. The Labute approximate surface area is 155 Å². The summed E-state index contributed by atoms with van der Waals surface area (Å²) >= 11 is 1.51. The van der Waals surface area contributed by atoms with E-state index in [1.807, 2.05) is 12.2 Å². The first-order valence-corrected chi connectivity index (χ1v) is 9.16. The third kappa shape index (κ3) is 3.49. The molecule has 2 aromatic heterocycles. The molecule has 1 atom stereocenters. The van der Waals surface area contributed by atoms with Crippen molar-refractivity contribution in [1.82, 2.24) is 19.9 Å². The first kappa shape index (κ1) is 16.8. The number of H-pyrrole nitrogens is 1. The highest BCUT2D eigenvalue weighted by atomic mass is 32.2. The second-order valence-electron chi connectivity index (χ2n) is 6.05. The number of fused-ring (bicyclic) bond motifs is 1. The molecule has 6 nitrogen and oxygen atoms in total. The number of aromatic nitrogens is 4. The van der Waals surface area contributed by atoms with Crippen molar-refractivity contribution in [2.24, 2.45) is 0 Å². The maximum atomic E-state index is 5.34. The molecule has 2 heterocycles. The van der Waals surface area contributed by atoms with E-state index in [2.05, 4.69) is 61.9 Å². The smallest absolute Gasteiger partial charge is 0.183 e. The predicted octanol–water partition coefficient (Wildman–Crippen LogP) is 4.14. The van der Waals surface area contributed by atoms with E-state index in [0.717, 1.165) is 34.0 Å². The van der Waals surface area contributed by atoms with Crippen molar-refractivity contribution in [2.45, 2.75) is 24.3 Å². The van der Waals surface area contributed by atoms with Gasteiger partial charge in [-0.15, -0.1) is 0 Å². The second kappa shape index (κ2) is 7.31. The molecule has 3 aromatic rings. The van der Waals surface area contributed by atoms with Crippen molar-refractivity contribution < 1.29 is 4.74 Å². The SMILES string of the molecule is COC1C=CC(c2nc3ncnc(NSc4ccc(C)cc4)c3[nH]2)=CC1. The molecule has 1 aromatic carbocycles. The molecule has 0 spiro atoms. The van der Waals surface area contributed by atoms with E-state index in [1.165, 1.54) is 23.8 Å². The Morgan fingerprint density at radius 2 is 2.08 bits per heavy atom. The largest absolute Gasteiger partial charge is 0.377 e. The van der Waals surface area contributed by atoms with Crippen LogP contribution in [0.1, 0.15) is 17.8 Å². The number of aromatic amines is 1. The van der Waals surface area contributed by atoms with Gasteiger partial charge in [0, 0.05) is 17.6 Å². The molecule has 132 valence electrons. The Morgan fingerprint density at radius 1 is 1.23 bits per heavy atom. The van der Waals surface area contributed by atoms with Crippen LogP contribution in [0.25, 0.3) is 16.7 Å². The van der Waals surface area contributed by atoms with Gasteiger partial charge in [0.1, 0.15) is 17.7 Å². The Hall–Kier alpha value is -2.64. The number of allylic oxidation sites excluding steroid dienone is 2. The third-order valence-electron chi connectivity index (χ3n) is 4.21. The molecule has 26 heavy (non-hydrogen) atoms. The van der Waals surface area contributed by atoms with E-state index in [0.29, 0.717) is 5.65 Å². The van der Waals surface area contributed by atoms with Crippen LogP contribution in [0.2, 0.25) is 0 Å². The normalized spacial score (nSPS) is 16.7. The number of imidazole rings is 1. The van der Waals surface area contributed by atoms with Crippen LogP contribution >= 0.6 is 11.9 Å². The molecule has 0 amide bonds. The molecule has 7 heteroatoms. The average Bonchev–Trinajstić information content (AvgIpc) is 3.12. The summed E-state index contributed by atoms with van der Waals surface area (Å²) in [5, 5.41) is 0. The van der Waals surface area contributed by atoms with E-state index >= 15 is 0 Å². The fourth-order valence-electron chi connectivity index (χ4n) is 2.71. The highest BCUT2D eigenvalue weighted by Gasteiger charge is 2.14. The molecule has 1 unspecified atom stereocenters. The highest BCUT2D eigenvalue weighted by Crippen LogP contribution is 2.27. The van der Waals surface area contributed by atoms with Crippen LogP contribution in [0.4, 0.5) is 5.82 Å². The molecule has 2 N–H and O–H groups in total. The molecule has 0 saturated heterocycles. The first-order valence-electron chi connectivity index (χ1n) is 8.34. The molecule has 4 rings (SSSR count). The van der Waals surface area contributed by atoms with E-state index in [4.69, 9.17) is 4.74 Å². The van der Waals surface area contributed by atoms with Gasteiger partial charge in [0.15, 0.2) is 11.5 Å². The second-order valence-corrected chi connectivity index (χ2v) is 6.93. The minimum atomic E-state index is 0.131. The van der Waals surface area contributed by atoms with Gasteiger partial charge in [0.2, 0.25) is 0 Å². The molecule has 0 fully saturated rings. The summed E-state index contributed by atoms with van der Waals surface area (Å²) in [6.45, 7) is 2.07. The van der Waals surface area contributed by atoms with Crippen molar-refractivity contribution in [3.63, 3.8) is 0 Å². The molecular formula is C19H19N5OS. The Balaban J connectivity index is 1.57. The minimum Gasteiger partial charge on any atom is -0.377 e. The summed E-state index contributed by atoms with van der Waals surface area (Å²) in [4.78, 5) is 17.7. The number of nitrogens with zero attached hydrogens (tertiary/aromatic N) is 3. The van der Waals surface area contributed by atoms with Gasteiger partial charge in [0.25, 0.3) is 0 Å². The number of anilines is 1. The molecule has 0 bridgehead atoms. The predicted molar refractivity (Wildman–Crippen MR) is 105 cm³/mol. The zero-order valence-electron chi connectivity index (χ0n) is 14.6. The molecule has 0 saturated carbocycles. The van der Waals surface area contributed by atoms with Gasteiger partial charge < -0.3 is 14.4 Å². The van der Waals surface area contributed by atoms with Crippen LogP contribution in [0.5, 0.6) is 0 Å². The molecule has 1 aliphatic carbocycles. The van der Waals surface area contributed by atoms with Crippen molar-refractivity contribution in [3.05, 3.63) is 60.2 Å². The van der Waals surface area contributed by atoms with Gasteiger partial charge in [-0.05, 0) is 37.4 Å². The maximum Gasteiger partial charge on any atom is 0.183 e. The Kier molecular flexibility index (Phi) is 4.73. The highest BCUT2D eigenvalue weighted by molar-refractivity contribution is 8.00. The van der Waals surface area contributed by atoms with Crippen LogP contribution in [0.3, 0.4) is 0 Å². The fourth-order valence-corrected chi connectivity index (χ4v) is 3.35. The van der Waals surface area contributed by atoms with Gasteiger partial charge in [-0.1, -0.05) is 35.9 Å². The van der Waals surface area contributed by atoms with Crippen molar-refractivity contribution in [2.75, 3.05) is 11.8 Å². The minimum absolute atomic E-state index is 0.131. The summed E-state index contributed by atoms with van der Waals surface area (Å²) in [5.74, 6) is 1.50. The first-order chi connectivity index (χ1) is 12.7. The molecule has 0 radical (unpaired) electrons. The number of ether oxygens (including phenoxy) is 1. The Morgan fingerprint density at radius 3 is 2.81 bits per heavy atom. The van der Waals surface area contributed by atoms with Crippen LogP contribution in [0.15, 0.2) is 53.7 Å². The van der Waals surface area contributed by atoms with Crippen molar-refractivity contribution >= 4 is 34.5 Å². The topological polar surface area (TPSA) is 75.7 Å². The summed E-state index contributed by atoms with van der Waals surface area (Å²) in [5.41, 5.74) is 3.71. The van der Waals surface area contributed by atoms with Gasteiger partial charge >= 0.3 is 0 Å². The van der Waals surface area contributed by atoms with E-state index in [1.54, 1.807) is 7.11 Å². The number of methoxy groups -OCH3 is 1. The van der Waals surface area contributed by atoms with E-state index < -0.39 is 0 Å². The third-order valence-corrected chi connectivity index (χ3v) is 5.01. The quantitative estimate of drug-likeness (QED) is 0.662. The summed E-state index contributed by atoms with van der Waals surface area (Å²) in [7, 11) is 1.72. The maximum absolute atomic E-state index is 5.34. The lowest BCUT2D eigenvalue weighted by Crippen LogP contribution is -2.08. The van der Waals surface area contributed by atoms with Gasteiger partial charge in [-0.25, -0.2) is 15.0 Å². The van der Waals surface area contributed by atoms with Crippen molar-refractivity contribution in [1.29, 1.82) is 0 Å². The fraction of sp³-hybridized carbons (Fsp3) is 0.211. The average molecular weight is 365 g/mol. The lowest BCUT2D eigenvalue weighted by molar-refractivity contribution is 0.143. The zero-order chi connectivity index (χ0) is 17.9. The van der Waals surface area contributed by atoms with Crippen LogP contribution < -0.4 is 4.72 Å². The van der Waals surface area contributed by atoms with Crippen LogP contribution in [0, 0.1) is 6.92 Å². The van der Waals surface area contributed by atoms with E-state index in [9.17, 15) is 0 Å². The van der Waals surface area contributed by atoms with Gasteiger partial charge in [-0.3, -0.25) is 0 Å². The summed E-state index contributed by atoms with van der Waals surface area (Å²) in [6, 6.07) is 8.33.